The van der Waals surface area contributed by atoms with E-state index in [1.165, 1.54) is 41.8 Å². The summed E-state index contributed by atoms with van der Waals surface area (Å²) in [6.07, 6.45) is 3.57. The maximum absolute atomic E-state index is 14.9. The van der Waals surface area contributed by atoms with E-state index in [-0.39, 0.29) is 23.0 Å². The van der Waals surface area contributed by atoms with Crippen LogP contribution >= 0.6 is 11.5 Å². The fourth-order valence-electron chi connectivity index (χ4n) is 3.84. The largest absolute Gasteiger partial charge is 0.351 e. The second kappa shape index (κ2) is 9.30. The number of para-hydroxylation sites is 1. The molecule has 1 aromatic heterocycles. The van der Waals surface area contributed by atoms with Crippen molar-refractivity contribution < 1.29 is 18.4 Å². The smallest absolute Gasteiger partial charge is 0.280 e. The average Bonchev–Trinajstić information content (AvgIpc) is 3.47. The van der Waals surface area contributed by atoms with Crippen LogP contribution in [0, 0.1) is 11.6 Å². The molecular weight excluding hydrogens is 422 g/mol. The zero-order valence-electron chi connectivity index (χ0n) is 16.5. The third-order valence-electron chi connectivity index (χ3n) is 5.32. The molecule has 6 nitrogen and oxygen atoms in total. The fourth-order valence-corrected chi connectivity index (χ4v) is 4.27. The lowest BCUT2D eigenvalue weighted by molar-refractivity contribution is -0.123. The van der Waals surface area contributed by atoms with Crippen molar-refractivity contribution in [1.29, 1.82) is 0 Å². The zero-order valence-corrected chi connectivity index (χ0v) is 17.3. The van der Waals surface area contributed by atoms with Crippen LogP contribution in [-0.2, 0) is 4.79 Å². The van der Waals surface area contributed by atoms with Gasteiger partial charge in [0.2, 0.25) is 5.91 Å². The number of aromatic nitrogens is 2. The molecule has 31 heavy (non-hydrogen) atoms. The normalized spacial score (nSPS) is 14.9. The van der Waals surface area contributed by atoms with Crippen LogP contribution in [0.25, 0.3) is 0 Å². The van der Waals surface area contributed by atoms with E-state index in [1.807, 2.05) is 0 Å². The summed E-state index contributed by atoms with van der Waals surface area (Å²) in [7, 11) is 0. The summed E-state index contributed by atoms with van der Waals surface area (Å²) in [5, 5.41) is 8.11. The van der Waals surface area contributed by atoms with Crippen molar-refractivity contribution in [3.8, 4) is 0 Å². The lowest BCUT2D eigenvalue weighted by Crippen LogP contribution is -2.47. The highest BCUT2D eigenvalue weighted by Crippen LogP contribution is 2.33. The first-order valence-electron chi connectivity index (χ1n) is 9.96. The third kappa shape index (κ3) is 4.46. The molecule has 0 saturated heterocycles. The Balaban J connectivity index is 1.84. The number of anilines is 1. The van der Waals surface area contributed by atoms with Crippen molar-refractivity contribution in [2.45, 2.75) is 37.8 Å². The van der Waals surface area contributed by atoms with Gasteiger partial charge < -0.3 is 5.32 Å². The number of carbonyl (C=O) groups excluding carboxylic acids is 2. The first-order chi connectivity index (χ1) is 15.1. The van der Waals surface area contributed by atoms with Gasteiger partial charge in [0.25, 0.3) is 5.91 Å². The van der Waals surface area contributed by atoms with Gasteiger partial charge in [-0.3, -0.25) is 14.5 Å². The predicted molar refractivity (Wildman–Crippen MR) is 113 cm³/mol. The molecule has 1 atom stereocenters. The topological polar surface area (TPSA) is 75.2 Å². The Morgan fingerprint density at radius 1 is 1.03 bits per heavy atom. The number of hydrogen-bond acceptors (Lipinski definition) is 5. The maximum Gasteiger partial charge on any atom is 0.280 e. The molecule has 1 saturated carbocycles. The molecule has 3 aromatic rings. The Hall–Kier alpha value is -3.20. The summed E-state index contributed by atoms with van der Waals surface area (Å²) in [4.78, 5) is 27.8. The molecule has 2 aromatic carbocycles. The van der Waals surface area contributed by atoms with E-state index in [4.69, 9.17) is 0 Å². The number of rotatable bonds is 6. The van der Waals surface area contributed by atoms with Crippen LogP contribution in [-0.4, -0.2) is 27.4 Å². The minimum Gasteiger partial charge on any atom is -0.351 e. The lowest BCUT2D eigenvalue weighted by Gasteiger charge is -2.32. The number of nitrogens with one attached hydrogen (secondary N) is 1. The van der Waals surface area contributed by atoms with Gasteiger partial charge in [-0.05, 0) is 42.6 Å². The Morgan fingerprint density at radius 2 is 1.71 bits per heavy atom. The van der Waals surface area contributed by atoms with Gasteiger partial charge in [-0.15, -0.1) is 5.10 Å². The number of carbonyl (C=O) groups is 2. The van der Waals surface area contributed by atoms with Crippen molar-refractivity contribution in [2.24, 2.45) is 0 Å². The molecule has 0 radical (unpaired) electrons. The molecule has 1 fully saturated rings. The second-order valence-electron chi connectivity index (χ2n) is 7.33. The minimum absolute atomic E-state index is 0.0298. The number of nitrogens with zero attached hydrogens (tertiary/aromatic N) is 3. The molecule has 1 aliphatic carbocycles. The Kier molecular flexibility index (Phi) is 6.31. The lowest BCUT2D eigenvalue weighted by atomic mass is 10.0. The molecule has 1 unspecified atom stereocenters. The van der Waals surface area contributed by atoms with Crippen molar-refractivity contribution in [2.75, 3.05) is 4.90 Å². The molecular formula is C22H20F2N4O2S. The fraction of sp³-hybridized carbons (Fsp3) is 0.273. The highest BCUT2D eigenvalue weighted by Gasteiger charge is 2.38. The molecule has 9 heteroatoms. The summed E-state index contributed by atoms with van der Waals surface area (Å²) < 4.78 is 33.4. The van der Waals surface area contributed by atoms with Gasteiger partial charge in [0.15, 0.2) is 5.69 Å². The van der Waals surface area contributed by atoms with Crippen molar-refractivity contribution in [1.82, 2.24) is 14.9 Å². The van der Waals surface area contributed by atoms with Gasteiger partial charge in [0, 0.05) is 17.0 Å². The van der Waals surface area contributed by atoms with Crippen molar-refractivity contribution in [3.05, 3.63) is 76.8 Å². The molecule has 1 heterocycles. The van der Waals surface area contributed by atoms with E-state index in [0.717, 1.165) is 42.1 Å². The third-order valence-corrected chi connectivity index (χ3v) is 5.82. The quantitative estimate of drug-likeness (QED) is 0.619. The second-order valence-corrected chi connectivity index (χ2v) is 7.94. The average molecular weight is 442 g/mol. The van der Waals surface area contributed by atoms with Gasteiger partial charge in [-0.1, -0.05) is 47.7 Å². The van der Waals surface area contributed by atoms with E-state index in [0.29, 0.717) is 0 Å². The highest BCUT2D eigenvalue weighted by molar-refractivity contribution is 7.03. The monoisotopic (exact) mass is 442 g/mol. The molecule has 160 valence electrons. The van der Waals surface area contributed by atoms with Crippen LogP contribution in [0.3, 0.4) is 0 Å². The Morgan fingerprint density at radius 3 is 2.35 bits per heavy atom. The van der Waals surface area contributed by atoms with Gasteiger partial charge >= 0.3 is 0 Å². The SMILES string of the molecule is O=C(NC1CCCC1)C(c1ccccc1F)N(C(=O)c1csnn1)c1ccccc1F. The van der Waals surface area contributed by atoms with Gasteiger partial charge in [0.1, 0.15) is 17.7 Å². The van der Waals surface area contributed by atoms with E-state index < -0.39 is 29.5 Å². The van der Waals surface area contributed by atoms with Gasteiger partial charge in [-0.25, -0.2) is 8.78 Å². The first-order valence-corrected chi connectivity index (χ1v) is 10.8. The van der Waals surface area contributed by atoms with Crippen LogP contribution in [0.5, 0.6) is 0 Å². The summed E-state index contributed by atoms with van der Waals surface area (Å²) in [5.41, 5.74) is -0.226. The molecule has 0 bridgehead atoms. The van der Waals surface area contributed by atoms with Crippen LogP contribution in [0.15, 0.2) is 53.9 Å². The summed E-state index contributed by atoms with van der Waals surface area (Å²) in [5.74, 6) is -2.70. The van der Waals surface area contributed by atoms with Crippen LogP contribution < -0.4 is 10.2 Å². The molecule has 4 rings (SSSR count). The van der Waals surface area contributed by atoms with E-state index in [1.54, 1.807) is 12.1 Å². The predicted octanol–water partition coefficient (Wildman–Crippen LogP) is 4.26. The summed E-state index contributed by atoms with van der Waals surface area (Å²) in [6, 6.07) is 9.79. The minimum atomic E-state index is -1.42. The van der Waals surface area contributed by atoms with Crippen LogP contribution in [0.2, 0.25) is 0 Å². The molecule has 1 N–H and O–H groups in total. The van der Waals surface area contributed by atoms with Crippen LogP contribution in [0.1, 0.15) is 47.8 Å². The first kappa shape index (κ1) is 21.0. The standard InChI is InChI=1S/C22H20F2N4O2S/c23-16-10-4-3-9-15(16)20(21(29)25-14-7-1-2-8-14)28(19-12-6-5-11-17(19)24)22(30)18-13-31-27-26-18/h3-6,9-14,20H,1-2,7-8H2,(H,25,29). The number of amides is 2. The highest BCUT2D eigenvalue weighted by atomic mass is 32.1. The van der Waals surface area contributed by atoms with Crippen LogP contribution in [0.4, 0.5) is 14.5 Å². The number of benzene rings is 2. The summed E-state index contributed by atoms with van der Waals surface area (Å²) >= 11 is 0.953. The molecule has 2 amide bonds. The Labute approximate surface area is 182 Å². The molecule has 0 spiro atoms. The molecule has 0 aliphatic heterocycles. The van der Waals surface area contributed by atoms with E-state index >= 15 is 0 Å². The van der Waals surface area contributed by atoms with Gasteiger partial charge in [0.05, 0.1) is 5.69 Å². The molecule has 1 aliphatic rings. The van der Waals surface area contributed by atoms with E-state index in [9.17, 15) is 18.4 Å². The Bertz CT molecular complexity index is 1070. The van der Waals surface area contributed by atoms with E-state index in [2.05, 4.69) is 14.9 Å². The van der Waals surface area contributed by atoms with Crippen molar-refractivity contribution in [3.63, 3.8) is 0 Å². The number of halogens is 2. The summed E-state index contributed by atoms with van der Waals surface area (Å²) in [6.45, 7) is 0. The van der Waals surface area contributed by atoms with Crippen molar-refractivity contribution >= 4 is 29.0 Å². The maximum atomic E-state index is 14.9. The number of hydrogen-bond donors (Lipinski definition) is 1. The van der Waals surface area contributed by atoms with Gasteiger partial charge in [-0.2, -0.15) is 0 Å². The zero-order chi connectivity index (χ0) is 21.8.